The monoisotopic (exact) mass is 382 g/mol. The second kappa shape index (κ2) is 18.0. The normalized spacial score (nSPS) is 14.0. The van der Waals surface area contributed by atoms with E-state index in [1.54, 1.807) is 0 Å². The molecule has 0 spiro atoms. The Bertz CT molecular complexity index is 363. The molecular weight excluding hydrogens is 340 g/mol. The Morgan fingerprint density at radius 3 is 2.12 bits per heavy atom. The molecule has 0 saturated carbocycles. The first-order valence-corrected chi connectivity index (χ1v) is 12.1. The lowest BCUT2D eigenvalue weighted by molar-refractivity contribution is 0.0800. The maximum absolute atomic E-state index is 5.77. The van der Waals surface area contributed by atoms with Gasteiger partial charge < -0.3 is 9.47 Å². The van der Waals surface area contributed by atoms with Gasteiger partial charge in [0, 0.05) is 6.61 Å². The Morgan fingerprint density at radius 1 is 0.808 bits per heavy atom. The van der Waals surface area contributed by atoms with Crippen LogP contribution in [0.25, 0.3) is 0 Å². The maximum Gasteiger partial charge on any atom is 0.114 e. The highest BCUT2D eigenvalue weighted by atomic mass is 32.2. The van der Waals surface area contributed by atoms with Crippen LogP contribution in [-0.2, 0) is 9.47 Å². The third kappa shape index (κ3) is 15.8. The zero-order valence-electron chi connectivity index (χ0n) is 17.3. The molecule has 0 heterocycles. The average molecular weight is 383 g/mol. The summed E-state index contributed by atoms with van der Waals surface area (Å²) in [5.41, 5.74) is 0. The van der Waals surface area contributed by atoms with Crippen molar-refractivity contribution < 1.29 is 9.47 Å². The topological polar surface area (TPSA) is 18.5 Å². The summed E-state index contributed by atoms with van der Waals surface area (Å²) in [6.45, 7) is 6.02. The first kappa shape index (κ1) is 23.6. The minimum atomic E-state index is 0.380. The smallest absolute Gasteiger partial charge is 0.114 e. The summed E-state index contributed by atoms with van der Waals surface area (Å²) in [5, 5.41) is 0. The molecule has 0 N–H and O–H groups in total. The second-order valence-corrected chi connectivity index (χ2v) is 8.73. The van der Waals surface area contributed by atoms with Crippen LogP contribution in [0.1, 0.15) is 90.9 Å². The van der Waals surface area contributed by atoms with E-state index in [1.165, 1.54) is 82.1 Å². The van der Waals surface area contributed by atoms with Gasteiger partial charge in [0.15, 0.2) is 0 Å². The first-order chi connectivity index (χ1) is 12.8. The molecule has 0 bridgehead atoms. The van der Waals surface area contributed by atoms with E-state index in [0.717, 1.165) is 25.4 Å². The largest absolute Gasteiger partial charge is 0.494 e. The summed E-state index contributed by atoms with van der Waals surface area (Å²) in [5.74, 6) is 3.66. The molecule has 1 aliphatic rings. The van der Waals surface area contributed by atoms with Gasteiger partial charge in [-0.25, -0.2) is 0 Å². The van der Waals surface area contributed by atoms with Gasteiger partial charge in [-0.05, 0) is 69.6 Å². The van der Waals surface area contributed by atoms with Crippen LogP contribution in [0.5, 0.6) is 0 Å². The van der Waals surface area contributed by atoms with Crippen LogP contribution < -0.4 is 0 Å². The Kier molecular flexibility index (Phi) is 16.3. The Hall–Kier alpha value is -0.410. The molecule has 0 aromatic heterocycles. The fraction of sp³-hybridized carbons (Fsp3) is 0.826. The highest BCUT2D eigenvalue weighted by Crippen LogP contribution is 2.14. The first-order valence-electron chi connectivity index (χ1n) is 11.0. The summed E-state index contributed by atoms with van der Waals surface area (Å²) in [7, 11) is 0. The van der Waals surface area contributed by atoms with Crippen LogP contribution in [0.15, 0.2) is 24.0 Å². The number of thioether (sulfide) groups is 1. The van der Waals surface area contributed by atoms with Crippen molar-refractivity contribution >= 4 is 11.8 Å². The van der Waals surface area contributed by atoms with Gasteiger partial charge in [-0.15, -0.1) is 0 Å². The van der Waals surface area contributed by atoms with Crippen molar-refractivity contribution in [3.8, 4) is 0 Å². The van der Waals surface area contributed by atoms with Crippen molar-refractivity contribution in [1.82, 2.24) is 0 Å². The molecule has 0 aromatic carbocycles. The summed E-state index contributed by atoms with van der Waals surface area (Å²) < 4.78 is 11.3. The van der Waals surface area contributed by atoms with E-state index in [9.17, 15) is 0 Å². The second-order valence-electron chi connectivity index (χ2n) is 7.50. The lowest BCUT2D eigenvalue weighted by Gasteiger charge is -2.09. The number of hydrogen-bond donors (Lipinski definition) is 0. The van der Waals surface area contributed by atoms with Crippen LogP contribution in [-0.4, -0.2) is 30.8 Å². The van der Waals surface area contributed by atoms with Crippen molar-refractivity contribution in [1.29, 1.82) is 0 Å². The lowest BCUT2D eigenvalue weighted by Crippen LogP contribution is -2.04. The van der Waals surface area contributed by atoms with E-state index in [0.29, 0.717) is 6.10 Å². The predicted octanol–water partition coefficient (Wildman–Crippen LogP) is 7.30. The minimum absolute atomic E-state index is 0.380. The molecule has 1 rings (SSSR count). The van der Waals surface area contributed by atoms with Gasteiger partial charge in [0.25, 0.3) is 0 Å². The molecule has 0 saturated heterocycles. The van der Waals surface area contributed by atoms with E-state index in [2.05, 4.69) is 43.8 Å². The minimum Gasteiger partial charge on any atom is -0.494 e. The molecule has 0 aromatic rings. The number of ether oxygens (including phenoxy) is 2. The van der Waals surface area contributed by atoms with Gasteiger partial charge in [0.2, 0.25) is 0 Å². The fourth-order valence-electron chi connectivity index (χ4n) is 3.01. The highest BCUT2D eigenvalue weighted by Gasteiger charge is 1.98. The average Bonchev–Trinajstić information content (AvgIpc) is 2.65. The number of allylic oxidation sites excluding steroid dienone is 3. The summed E-state index contributed by atoms with van der Waals surface area (Å²) in [6, 6.07) is 0. The maximum atomic E-state index is 5.77. The SMILES string of the molecule is CC(C)OCCCSCCCCCCCCCCCOC1=CCCC=C1. The van der Waals surface area contributed by atoms with Crippen molar-refractivity contribution in [2.75, 3.05) is 24.7 Å². The molecule has 0 radical (unpaired) electrons. The van der Waals surface area contributed by atoms with Gasteiger partial charge in [-0.2, -0.15) is 11.8 Å². The molecule has 3 heteroatoms. The molecule has 0 fully saturated rings. The summed E-state index contributed by atoms with van der Waals surface area (Å²) >= 11 is 2.09. The van der Waals surface area contributed by atoms with E-state index in [4.69, 9.17) is 9.47 Å². The van der Waals surface area contributed by atoms with E-state index < -0.39 is 0 Å². The van der Waals surface area contributed by atoms with Crippen LogP contribution >= 0.6 is 11.8 Å². The molecule has 152 valence electrons. The summed E-state index contributed by atoms with van der Waals surface area (Å²) in [4.78, 5) is 0. The molecule has 26 heavy (non-hydrogen) atoms. The van der Waals surface area contributed by atoms with Crippen molar-refractivity contribution in [3.63, 3.8) is 0 Å². The van der Waals surface area contributed by atoms with Crippen molar-refractivity contribution in [3.05, 3.63) is 24.0 Å². The van der Waals surface area contributed by atoms with E-state index in [1.807, 2.05) is 0 Å². The van der Waals surface area contributed by atoms with Crippen molar-refractivity contribution in [2.24, 2.45) is 0 Å². The number of hydrogen-bond acceptors (Lipinski definition) is 3. The number of rotatable bonds is 18. The molecule has 0 aliphatic heterocycles. The molecule has 1 aliphatic carbocycles. The van der Waals surface area contributed by atoms with Crippen LogP contribution in [0.3, 0.4) is 0 Å². The van der Waals surface area contributed by atoms with Gasteiger partial charge in [0.1, 0.15) is 5.76 Å². The number of unbranched alkanes of at least 4 members (excludes halogenated alkanes) is 8. The van der Waals surface area contributed by atoms with Gasteiger partial charge in [0.05, 0.1) is 12.7 Å². The highest BCUT2D eigenvalue weighted by molar-refractivity contribution is 7.99. The summed E-state index contributed by atoms with van der Waals surface area (Å²) in [6.07, 6.45) is 22.7. The zero-order valence-corrected chi connectivity index (χ0v) is 18.2. The van der Waals surface area contributed by atoms with E-state index in [-0.39, 0.29) is 0 Å². The Morgan fingerprint density at radius 2 is 1.46 bits per heavy atom. The molecule has 0 unspecified atom stereocenters. The standard InChI is InChI=1S/C23H42O2S/c1-22(2)24-19-15-21-26-20-14-9-7-5-3-4-6-8-13-18-25-23-16-11-10-12-17-23/h11,16-17,22H,3-10,12-15,18-21H2,1-2H3. The quantitative estimate of drug-likeness (QED) is 0.232. The molecule has 0 amide bonds. The third-order valence-corrected chi connectivity index (χ3v) is 5.70. The lowest BCUT2D eigenvalue weighted by atomic mass is 10.1. The van der Waals surface area contributed by atoms with Gasteiger partial charge >= 0.3 is 0 Å². The van der Waals surface area contributed by atoms with Gasteiger partial charge in [-0.3, -0.25) is 0 Å². The van der Waals surface area contributed by atoms with E-state index >= 15 is 0 Å². The van der Waals surface area contributed by atoms with Crippen molar-refractivity contribution in [2.45, 2.75) is 97.0 Å². The third-order valence-electron chi connectivity index (χ3n) is 4.55. The Balaban J connectivity index is 1.68. The molecular formula is C23H42O2S. The van der Waals surface area contributed by atoms with Crippen LogP contribution in [0.4, 0.5) is 0 Å². The zero-order chi connectivity index (χ0) is 18.7. The predicted molar refractivity (Wildman–Crippen MR) is 117 cm³/mol. The molecule has 2 nitrogen and oxygen atoms in total. The Labute approximate surface area is 167 Å². The molecule has 0 atom stereocenters. The van der Waals surface area contributed by atoms with Crippen LogP contribution in [0, 0.1) is 0 Å². The fourth-order valence-corrected chi connectivity index (χ4v) is 3.95. The van der Waals surface area contributed by atoms with Gasteiger partial charge in [-0.1, -0.05) is 51.0 Å². The van der Waals surface area contributed by atoms with Crippen LogP contribution in [0.2, 0.25) is 0 Å².